The number of rotatable bonds is 8. The van der Waals surface area contributed by atoms with E-state index in [1.54, 1.807) is 6.20 Å². The summed E-state index contributed by atoms with van der Waals surface area (Å²) in [6, 6.07) is 19.3. The average molecular weight is 406 g/mol. The highest BCUT2D eigenvalue weighted by molar-refractivity contribution is 7.88. The SMILES string of the molecule is Cl.NCCN(CCc1ccccc1)S(=O)(=O)Cc1cccc2cccnc12. The first-order chi connectivity index (χ1) is 12.6. The van der Waals surface area contributed by atoms with Gasteiger partial charge in [-0.2, -0.15) is 0 Å². The maximum Gasteiger partial charge on any atom is 0.218 e. The van der Waals surface area contributed by atoms with Gasteiger partial charge in [-0.15, -0.1) is 12.4 Å². The molecule has 0 bridgehead atoms. The number of pyridine rings is 1. The summed E-state index contributed by atoms with van der Waals surface area (Å²) in [7, 11) is -3.49. The van der Waals surface area contributed by atoms with Crippen molar-refractivity contribution in [3.63, 3.8) is 0 Å². The van der Waals surface area contributed by atoms with Crippen LogP contribution in [0.4, 0.5) is 0 Å². The van der Waals surface area contributed by atoms with Gasteiger partial charge in [0, 0.05) is 31.2 Å². The lowest BCUT2D eigenvalue weighted by Gasteiger charge is -2.22. The second-order valence-corrected chi connectivity index (χ2v) is 8.14. The topological polar surface area (TPSA) is 76.3 Å². The number of nitrogens with two attached hydrogens (primary N) is 1. The zero-order valence-electron chi connectivity index (χ0n) is 15.0. The molecule has 0 radical (unpaired) electrons. The van der Waals surface area contributed by atoms with Gasteiger partial charge >= 0.3 is 0 Å². The Morgan fingerprint density at radius 3 is 2.41 bits per heavy atom. The summed E-state index contributed by atoms with van der Waals surface area (Å²) in [4.78, 5) is 4.36. The first-order valence-electron chi connectivity index (χ1n) is 8.64. The fourth-order valence-corrected chi connectivity index (χ4v) is 4.57. The van der Waals surface area contributed by atoms with Crippen LogP contribution in [0.5, 0.6) is 0 Å². The van der Waals surface area contributed by atoms with E-state index in [-0.39, 0.29) is 18.2 Å². The van der Waals surface area contributed by atoms with Crippen LogP contribution >= 0.6 is 12.4 Å². The molecule has 2 aromatic carbocycles. The lowest BCUT2D eigenvalue weighted by molar-refractivity contribution is 0.421. The molecule has 3 rings (SSSR count). The van der Waals surface area contributed by atoms with Crippen molar-refractivity contribution in [2.75, 3.05) is 19.6 Å². The largest absolute Gasteiger partial charge is 0.329 e. The summed E-state index contributed by atoms with van der Waals surface area (Å²) < 4.78 is 27.5. The first kappa shape index (κ1) is 21.3. The number of fused-ring (bicyclic) bond motifs is 1. The number of halogens is 1. The number of hydrogen-bond acceptors (Lipinski definition) is 4. The molecule has 0 aliphatic carbocycles. The van der Waals surface area contributed by atoms with Crippen molar-refractivity contribution in [1.82, 2.24) is 9.29 Å². The molecule has 0 unspecified atom stereocenters. The molecule has 1 aromatic heterocycles. The minimum atomic E-state index is -3.49. The first-order valence-corrected chi connectivity index (χ1v) is 10.3. The molecule has 0 amide bonds. The average Bonchev–Trinajstić information content (AvgIpc) is 2.66. The Bertz CT molecular complexity index is 960. The van der Waals surface area contributed by atoms with E-state index in [1.165, 1.54) is 4.31 Å². The Kier molecular flexibility index (Phi) is 7.74. The molecule has 0 aliphatic rings. The molecule has 0 atom stereocenters. The molecule has 0 spiro atoms. The standard InChI is InChI=1S/C20H23N3O2S.ClH/c21-12-15-23(14-11-17-6-2-1-3-7-17)26(24,25)16-19-9-4-8-18-10-5-13-22-20(18)19;/h1-10,13H,11-12,14-16,21H2;1H. The van der Waals surface area contributed by atoms with E-state index in [0.29, 0.717) is 31.6 Å². The molecule has 3 aromatic rings. The Morgan fingerprint density at radius 1 is 0.926 bits per heavy atom. The highest BCUT2D eigenvalue weighted by Crippen LogP contribution is 2.20. The number of para-hydroxylation sites is 1. The summed E-state index contributed by atoms with van der Waals surface area (Å²) in [5.41, 5.74) is 8.21. The van der Waals surface area contributed by atoms with E-state index in [4.69, 9.17) is 5.73 Å². The smallest absolute Gasteiger partial charge is 0.218 e. The highest BCUT2D eigenvalue weighted by Gasteiger charge is 2.23. The molecular formula is C20H24ClN3O2S. The van der Waals surface area contributed by atoms with E-state index in [2.05, 4.69) is 4.98 Å². The molecule has 2 N–H and O–H groups in total. The highest BCUT2D eigenvalue weighted by atomic mass is 35.5. The Morgan fingerprint density at radius 2 is 1.67 bits per heavy atom. The van der Waals surface area contributed by atoms with Gasteiger partial charge in [-0.1, -0.05) is 54.6 Å². The van der Waals surface area contributed by atoms with Crippen molar-refractivity contribution in [2.45, 2.75) is 12.2 Å². The van der Waals surface area contributed by atoms with Gasteiger partial charge in [0.2, 0.25) is 10.0 Å². The molecule has 0 saturated heterocycles. The van der Waals surface area contributed by atoms with Crippen LogP contribution in [0.25, 0.3) is 10.9 Å². The second-order valence-electron chi connectivity index (χ2n) is 6.17. The van der Waals surface area contributed by atoms with Crippen LogP contribution in [-0.2, 0) is 22.2 Å². The Labute approximate surface area is 166 Å². The fourth-order valence-electron chi connectivity index (χ4n) is 3.00. The summed E-state index contributed by atoms with van der Waals surface area (Å²) >= 11 is 0. The van der Waals surface area contributed by atoms with Gasteiger partial charge in [-0.25, -0.2) is 12.7 Å². The van der Waals surface area contributed by atoms with Gasteiger partial charge in [0.05, 0.1) is 11.3 Å². The molecule has 7 heteroatoms. The molecule has 0 aliphatic heterocycles. The number of nitrogens with zero attached hydrogens (tertiary/aromatic N) is 2. The minimum Gasteiger partial charge on any atom is -0.329 e. The maximum absolute atomic E-state index is 13.0. The second kappa shape index (κ2) is 9.80. The third kappa shape index (κ3) is 5.49. The van der Waals surface area contributed by atoms with Crippen molar-refractivity contribution in [3.05, 3.63) is 78.0 Å². The van der Waals surface area contributed by atoms with E-state index in [9.17, 15) is 8.42 Å². The fraction of sp³-hybridized carbons (Fsp3) is 0.250. The summed E-state index contributed by atoms with van der Waals surface area (Å²) in [5.74, 6) is -0.0733. The van der Waals surface area contributed by atoms with E-state index in [1.807, 2.05) is 60.7 Å². The third-order valence-corrected chi connectivity index (χ3v) is 6.15. The Balaban J connectivity index is 0.00000261. The van der Waals surface area contributed by atoms with Crippen LogP contribution in [0.2, 0.25) is 0 Å². The number of benzene rings is 2. The normalized spacial score (nSPS) is 11.5. The lowest BCUT2D eigenvalue weighted by Crippen LogP contribution is -2.37. The monoisotopic (exact) mass is 405 g/mol. The Hall–Kier alpha value is -1.99. The van der Waals surface area contributed by atoms with E-state index >= 15 is 0 Å². The van der Waals surface area contributed by atoms with Crippen molar-refractivity contribution >= 4 is 33.3 Å². The molecule has 0 fully saturated rings. The number of sulfonamides is 1. The molecular weight excluding hydrogens is 382 g/mol. The predicted octanol–water partition coefficient (Wildman–Crippen LogP) is 2.99. The summed E-state index contributed by atoms with van der Waals surface area (Å²) in [5, 5.41) is 0.940. The van der Waals surface area contributed by atoms with Crippen molar-refractivity contribution < 1.29 is 8.42 Å². The van der Waals surface area contributed by atoms with Crippen LogP contribution in [0.3, 0.4) is 0 Å². The minimum absolute atomic E-state index is 0. The van der Waals surface area contributed by atoms with Crippen LogP contribution in [0.15, 0.2) is 66.9 Å². The molecule has 1 heterocycles. The van der Waals surface area contributed by atoms with Crippen LogP contribution in [0.1, 0.15) is 11.1 Å². The van der Waals surface area contributed by atoms with Crippen molar-refractivity contribution in [2.24, 2.45) is 5.73 Å². The van der Waals surface area contributed by atoms with Gasteiger partial charge in [0.25, 0.3) is 0 Å². The van der Waals surface area contributed by atoms with Crippen LogP contribution in [0, 0.1) is 0 Å². The molecule has 5 nitrogen and oxygen atoms in total. The van der Waals surface area contributed by atoms with Crippen molar-refractivity contribution in [3.8, 4) is 0 Å². The van der Waals surface area contributed by atoms with Gasteiger partial charge < -0.3 is 5.73 Å². The van der Waals surface area contributed by atoms with Gasteiger partial charge in [0.1, 0.15) is 0 Å². The van der Waals surface area contributed by atoms with Crippen LogP contribution < -0.4 is 5.73 Å². The lowest BCUT2D eigenvalue weighted by atomic mass is 10.1. The van der Waals surface area contributed by atoms with Gasteiger partial charge in [-0.3, -0.25) is 4.98 Å². The molecule has 144 valence electrons. The summed E-state index contributed by atoms with van der Waals surface area (Å²) in [6.07, 6.45) is 2.35. The van der Waals surface area contributed by atoms with E-state index in [0.717, 1.165) is 16.5 Å². The zero-order chi connectivity index (χ0) is 18.4. The molecule has 27 heavy (non-hydrogen) atoms. The summed E-state index contributed by atoms with van der Waals surface area (Å²) in [6.45, 7) is 1.02. The number of aromatic nitrogens is 1. The third-order valence-electron chi connectivity index (χ3n) is 4.32. The van der Waals surface area contributed by atoms with E-state index < -0.39 is 10.0 Å². The molecule has 0 saturated carbocycles. The van der Waals surface area contributed by atoms with Crippen LogP contribution in [-0.4, -0.2) is 37.3 Å². The maximum atomic E-state index is 13.0. The van der Waals surface area contributed by atoms with Gasteiger partial charge in [0.15, 0.2) is 0 Å². The quantitative estimate of drug-likeness (QED) is 0.625. The van der Waals surface area contributed by atoms with Gasteiger partial charge in [-0.05, 0) is 23.6 Å². The predicted molar refractivity (Wildman–Crippen MR) is 112 cm³/mol. The number of hydrogen-bond donors (Lipinski definition) is 1. The zero-order valence-corrected chi connectivity index (χ0v) is 16.6. The van der Waals surface area contributed by atoms with Crippen molar-refractivity contribution in [1.29, 1.82) is 0 Å².